The van der Waals surface area contributed by atoms with Gasteiger partial charge in [-0.25, -0.2) is 0 Å². The Kier molecular flexibility index (Phi) is 5.45. The maximum absolute atomic E-state index is 12.4. The highest BCUT2D eigenvalue weighted by Gasteiger charge is 2.36. The van der Waals surface area contributed by atoms with Gasteiger partial charge in [0.1, 0.15) is 6.54 Å². The van der Waals surface area contributed by atoms with Crippen molar-refractivity contribution in [2.24, 2.45) is 0 Å². The lowest BCUT2D eigenvalue weighted by Crippen LogP contribution is -2.33. The van der Waals surface area contributed by atoms with E-state index in [4.69, 9.17) is 5.11 Å². The molecular formula is C22H24N2O4S. The number of carboxylic acid groups (broad SMARTS) is 1. The molecular weight excluding hydrogens is 388 g/mol. The zero-order valence-corrected chi connectivity index (χ0v) is 18.0. The van der Waals surface area contributed by atoms with Crippen LogP contribution in [0.4, 0.5) is 4.79 Å². The van der Waals surface area contributed by atoms with Crippen molar-refractivity contribution in [1.29, 1.82) is 0 Å². The van der Waals surface area contributed by atoms with Crippen molar-refractivity contribution in [3.63, 3.8) is 0 Å². The maximum atomic E-state index is 12.4. The monoisotopic (exact) mass is 412 g/mol. The van der Waals surface area contributed by atoms with Crippen molar-refractivity contribution < 1.29 is 19.5 Å². The van der Waals surface area contributed by atoms with Crippen LogP contribution in [-0.4, -0.2) is 38.2 Å². The first-order valence-corrected chi connectivity index (χ1v) is 10.1. The molecule has 6 nitrogen and oxygen atoms in total. The Bertz CT molecular complexity index is 1030. The van der Waals surface area contributed by atoms with Crippen molar-refractivity contribution in [3.05, 3.63) is 57.8 Å². The first-order valence-electron chi connectivity index (χ1n) is 9.26. The Balaban J connectivity index is 1.94. The van der Waals surface area contributed by atoms with E-state index < -0.39 is 23.7 Å². The number of carbonyl (C=O) groups is 3. The summed E-state index contributed by atoms with van der Waals surface area (Å²) in [7, 11) is 0. The summed E-state index contributed by atoms with van der Waals surface area (Å²) in [5, 5.41) is 8.33. The van der Waals surface area contributed by atoms with Crippen LogP contribution in [-0.2, 0) is 15.0 Å². The first-order chi connectivity index (χ1) is 13.5. The van der Waals surface area contributed by atoms with Gasteiger partial charge in [-0.3, -0.25) is 19.3 Å². The fourth-order valence-electron chi connectivity index (χ4n) is 3.35. The summed E-state index contributed by atoms with van der Waals surface area (Å²) >= 11 is 0.769. The molecule has 0 radical (unpaired) electrons. The number of amides is 2. The van der Waals surface area contributed by atoms with Crippen molar-refractivity contribution in [1.82, 2.24) is 9.47 Å². The largest absolute Gasteiger partial charge is 0.480 e. The second-order valence-corrected chi connectivity index (χ2v) is 9.11. The molecule has 1 aliphatic heterocycles. The molecule has 2 amide bonds. The minimum atomic E-state index is -1.22. The van der Waals surface area contributed by atoms with Gasteiger partial charge in [0.25, 0.3) is 11.1 Å². The van der Waals surface area contributed by atoms with Gasteiger partial charge in [-0.05, 0) is 66.4 Å². The van der Waals surface area contributed by atoms with Crippen LogP contribution in [0.1, 0.15) is 43.3 Å². The molecule has 0 spiro atoms. The lowest BCUT2D eigenvalue weighted by Gasteiger charge is -2.20. The van der Waals surface area contributed by atoms with E-state index in [0.717, 1.165) is 39.3 Å². The van der Waals surface area contributed by atoms with E-state index in [9.17, 15) is 14.4 Å². The Hall–Kier alpha value is -2.80. The average molecular weight is 413 g/mol. The SMILES string of the molecule is Cc1cc(C=C2SC(=O)N(CC(=O)O)C2=O)c(C)n1-c1ccc(C(C)(C)C)cc1. The number of hydrogen-bond donors (Lipinski definition) is 1. The van der Waals surface area contributed by atoms with Gasteiger partial charge >= 0.3 is 5.97 Å². The highest BCUT2D eigenvalue weighted by molar-refractivity contribution is 8.18. The van der Waals surface area contributed by atoms with Gasteiger partial charge in [0.2, 0.25) is 0 Å². The van der Waals surface area contributed by atoms with Crippen LogP contribution < -0.4 is 0 Å². The summed E-state index contributed by atoms with van der Waals surface area (Å²) in [6, 6.07) is 10.3. The summed E-state index contributed by atoms with van der Waals surface area (Å²) in [6.45, 7) is 9.83. The lowest BCUT2D eigenvalue weighted by atomic mass is 9.87. The predicted molar refractivity (Wildman–Crippen MR) is 114 cm³/mol. The topological polar surface area (TPSA) is 79.6 Å². The van der Waals surface area contributed by atoms with E-state index in [1.807, 2.05) is 19.9 Å². The van der Waals surface area contributed by atoms with Gasteiger partial charge in [-0.1, -0.05) is 32.9 Å². The van der Waals surface area contributed by atoms with E-state index in [1.165, 1.54) is 5.56 Å². The molecule has 152 valence electrons. The number of aromatic nitrogens is 1. The van der Waals surface area contributed by atoms with Crippen molar-refractivity contribution >= 4 is 35.0 Å². The third-order valence-electron chi connectivity index (χ3n) is 4.92. The molecule has 2 aromatic rings. The fourth-order valence-corrected chi connectivity index (χ4v) is 4.18. The summed E-state index contributed by atoms with van der Waals surface area (Å²) < 4.78 is 2.10. The van der Waals surface area contributed by atoms with Gasteiger partial charge in [0.05, 0.1) is 4.91 Å². The van der Waals surface area contributed by atoms with Gasteiger partial charge in [-0.2, -0.15) is 0 Å². The molecule has 7 heteroatoms. The number of hydrogen-bond acceptors (Lipinski definition) is 4. The normalized spacial score (nSPS) is 16.2. The second kappa shape index (κ2) is 7.55. The summed E-state index contributed by atoms with van der Waals surface area (Å²) in [6.07, 6.45) is 1.66. The Labute approximate surface area is 174 Å². The molecule has 0 saturated carbocycles. The van der Waals surface area contributed by atoms with Gasteiger partial charge < -0.3 is 9.67 Å². The summed E-state index contributed by atoms with van der Waals surface area (Å²) in [5.41, 5.74) is 5.10. The molecule has 1 fully saturated rings. The molecule has 1 saturated heterocycles. The van der Waals surface area contributed by atoms with Crippen LogP contribution in [0.15, 0.2) is 35.2 Å². The van der Waals surface area contributed by atoms with Gasteiger partial charge in [-0.15, -0.1) is 0 Å². The number of benzene rings is 1. The third kappa shape index (κ3) is 4.15. The number of aliphatic carboxylic acids is 1. The highest BCUT2D eigenvalue weighted by atomic mass is 32.2. The minimum Gasteiger partial charge on any atom is -0.480 e. The first kappa shape index (κ1) is 20.9. The lowest BCUT2D eigenvalue weighted by molar-refractivity contribution is -0.140. The number of rotatable bonds is 4. The maximum Gasteiger partial charge on any atom is 0.323 e. The zero-order chi connectivity index (χ0) is 21.5. The molecule has 0 atom stereocenters. The van der Waals surface area contributed by atoms with Crippen molar-refractivity contribution in [3.8, 4) is 5.69 Å². The van der Waals surface area contributed by atoms with Crippen LogP contribution >= 0.6 is 11.8 Å². The van der Waals surface area contributed by atoms with E-state index in [-0.39, 0.29) is 10.3 Å². The molecule has 1 N–H and O–H groups in total. The molecule has 1 aromatic heterocycles. The molecule has 0 unspecified atom stereocenters. The molecule has 1 aliphatic rings. The van der Waals surface area contributed by atoms with Crippen LogP contribution in [0.25, 0.3) is 11.8 Å². The number of carbonyl (C=O) groups excluding carboxylic acids is 2. The number of aryl methyl sites for hydroxylation is 1. The van der Waals surface area contributed by atoms with Crippen LogP contribution in [0.5, 0.6) is 0 Å². The van der Waals surface area contributed by atoms with Crippen LogP contribution in [0, 0.1) is 13.8 Å². The fraction of sp³-hybridized carbons (Fsp3) is 0.318. The molecule has 2 heterocycles. The number of carboxylic acids is 1. The summed E-state index contributed by atoms with van der Waals surface area (Å²) in [5.74, 6) is -1.79. The van der Waals surface area contributed by atoms with Crippen molar-refractivity contribution in [2.75, 3.05) is 6.54 Å². The molecule has 1 aromatic carbocycles. The number of thioether (sulfide) groups is 1. The van der Waals surface area contributed by atoms with E-state index >= 15 is 0 Å². The minimum absolute atomic E-state index is 0.0727. The Morgan fingerprint density at radius 3 is 2.31 bits per heavy atom. The second-order valence-electron chi connectivity index (χ2n) is 8.12. The van der Waals surface area contributed by atoms with E-state index in [1.54, 1.807) is 6.08 Å². The molecule has 29 heavy (non-hydrogen) atoms. The molecule has 0 bridgehead atoms. The van der Waals surface area contributed by atoms with Gasteiger partial charge in [0, 0.05) is 17.1 Å². The number of imide groups is 1. The number of nitrogens with zero attached hydrogens (tertiary/aromatic N) is 2. The smallest absolute Gasteiger partial charge is 0.323 e. The molecule has 0 aliphatic carbocycles. The van der Waals surface area contributed by atoms with Gasteiger partial charge in [0.15, 0.2) is 0 Å². The summed E-state index contributed by atoms with van der Waals surface area (Å²) in [4.78, 5) is 36.2. The van der Waals surface area contributed by atoms with Crippen molar-refractivity contribution in [2.45, 2.75) is 40.0 Å². The third-order valence-corrected chi connectivity index (χ3v) is 5.82. The highest BCUT2D eigenvalue weighted by Crippen LogP contribution is 2.34. The van der Waals surface area contributed by atoms with E-state index in [2.05, 4.69) is 49.6 Å². The standard InChI is InChI=1S/C22H24N2O4S/c1-13-10-15(11-18-20(27)23(12-19(25)26)21(28)29-18)14(2)24(13)17-8-6-16(7-9-17)22(3,4)5/h6-11H,12H2,1-5H3,(H,25,26). The average Bonchev–Trinajstić information content (AvgIpc) is 3.04. The Morgan fingerprint density at radius 1 is 1.14 bits per heavy atom. The predicted octanol–water partition coefficient (Wildman–Crippen LogP) is 4.51. The van der Waals surface area contributed by atoms with Crippen LogP contribution in [0.3, 0.4) is 0 Å². The van der Waals surface area contributed by atoms with E-state index in [0.29, 0.717) is 0 Å². The molecule has 3 rings (SSSR count). The zero-order valence-electron chi connectivity index (χ0n) is 17.1. The quantitative estimate of drug-likeness (QED) is 0.747. The van der Waals surface area contributed by atoms with Crippen LogP contribution in [0.2, 0.25) is 0 Å². The Morgan fingerprint density at radius 2 is 1.76 bits per heavy atom.